The van der Waals surface area contributed by atoms with E-state index < -0.39 is 33.9 Å². The Hall–Kier alpha value is -3.89. The average molecular weight is 558 g/mol. The molecule has 0 fully saturated rings. The maximum Gasteiger partial charge on any atom is 0.327 e. The van der Waals surface area contributed by atoms with Crippen molar-refractivity contribution >= 4 is 50.8 Å². The highest BCUT2D eigenvalue weighted by molar-refractivity contribution is 7.93. The number of hydrogen-bond donors (Lipinski definition) is 3. The van der Waals surface area contributed by atoms with Gasteiger partial charge in [0.15, 0.2) is 0 Å². The summed E-state index contributed by atoms with van der Waals surface area (Å²) in [6.07, 6.45) is 0.113. The summed E-state index contributed by atoms with van der Waals surface area (Å²) < 4.78 is 28.4. The molecule has 3 N–H and O–H groups in total. The van der Waals surface area contributed by atoms with Gasteiger partial charge in [-0.3, -0.25) is 13.9 Å². The maximum atomic E-state index is 13.8. The first kappa shape index (κ1) is 28.7. The summed E-state index contributed by atoms with van der Waals surface area (Å²) >= 11 is 6.08. The summed E-state index contributed by atoms with van der Waals surface area (Å²) in [6.45, 7) is 2.90. The van der Waals surface area contributed by atoms with Gasteiger partial charge in [-0.05, 0) is 47.9 Å². The molecule has 1 atom stereocenters. The van der Waals surface area contributed by atoms with Crippen LogP contribution < -0.4 is 14.9 Å². The van der Waals surface area contributed by atoms with Crippen LogP contribution in [0.3, 0.4) is 0 Å². The van der Waals surface area contributed by atoms with E-state index in [-0.39, 0.29) is 40.2 Å². The summed E-state index contributed by atoms with van der Waals surface area (Å²) in [6, 6.07) is 19.0. The second-order valence-corrected chi connectivity index (χ2v) is 11.1. The molecule has 9 nitrogen and oxygen atoms in total. The molecule has 1 unspecified atom stereocenters. The molecule has 0 radical (unpaired) electrons. The first-order valence-electron chi connectivity index (χ1n) is 11.7. The van der Waals surface area contributed by atoms with Crippen molar-refractivity contribution in [3.8, 4) is 0 Å². The summed E-state index contributed by atoms with van der Waals surface area (Å²) in [7, 11) is -4.41. The Balaban J connectivity index is 1.81. The van der Waals surface area contributed by atoms with Gasteiger partial charge in [0, 0.05) is 10.7 Å². The van der Waals surface area contributed by atoms with Crippen LogP contribution in [0.4, 0.5) is 11.4 Å². The lowest BCUT2D eigenvalue weighted by atomic mass is 10.0. The maximum absolute atomic E-state index is 13.8. The number of amides is 2. The lowest BCUT2D eigenvalue weighted by molar-refractivity contribution is -0.139. The van der Waals surface area contributed by atoms with Gasteiger partial charge in [0.25, 0.3) is 10.0 Å². The SMILES string of the molecule is CC(C)C(C(=O)O)N(c1cccc(Cl)c1)S(=O)(=O)c1cccc(NC(=O)CNC(=O)Cc2ccccc2)c1. The van der Waals surface area contributed by atoms with Crippen LogP contribution in [0.2, 0.25) is 5.02 Å². The highest BCUT2D eigenvalue weighted by atomic mass is 35.5. The van der Waals surface area contributed by atoms with Gasteiger partial charge in [-0.15, -0.1) is 0 Å². The number of carbonyl (C=O) groups excluding carboxylic acids is 2. The van der Waals surface area contributed by atoms with Crippen LogP contribution in [0.1, 0.15) is 19.4 Å². The average Bonchev–Trinajstić information content (AvgIpc) is 2.86. The van der Waals surface area contributed by atoms with Crippen molar-refractivity contribution in [3.63, 3.8) is 0 Å². The number of carbonyl (C=O) groups is 3. The van der Waals surface area contributed by atoms with Crippen LogP contribution in [-0.2, 0) is 30.8 Å². The number of benzene rings is 3. The van der Waals surface area contributed by atoms with Gasteiger partial charge in [0.05, 0.1) is 23.5 Å². The van der Waals surface area contributed by atoms with Crippen LogP contribution in [-0.4, -0.2) is 43.9 Å². The number of aliphatic carboxylic acids is 1. The summed E-state index contributed by atoms with van der Waals surface area (Å²) in [5.74, 6) is -2.80. The number of rotatable bonds is 11. The van der Waals surface area contributed by atoms with E-state index >= 15 is 0 Å². The van der Waals surface area contributed by atoms with Crippen LogP contribution in [0.15, 0.2) is 83.8 Å². The Morgan fingerprint density at radius 3 is 2.24 bits per heavy atom. The number of carboxylic acids is 1. The largest absolute Gasteiger partial charge is 0.480 e. The number of nitrogens with zero attached hydrogens (tertiary/aromatic N) is 1. The zero-order chi connectivity index (χ0) is 27.9. The van der Waals surface area contributed by atoms with Gasteiger partial charge >= 0.3 is 5.97 Å². The molecule has 3 aromatic rings. The van der Waals surface area contributed by atoms with Gasteiger partial charge in [-0.1, -0.05) is 67.9 Å². The van der Waals surface area contributed by atoms with E-state index in [1.807, 2.05) is 18.2 Å². The fourth-order valence-corrected chi connectivity index (χ4v) is 5.76. The molecular formula is C27H28ClN3O6S. The fourth-order valence-electron chi connectivity index (χ4n) is 3.79. The van der Waals surface area contributed by atoms with E-state index in [9.17, 15) is 27.9 Å². The van der Waals surface area contributed by atoms with Gasteiger partial charge in [-0.25, -0.2) is 13.2 Å². The van der Waals surface area contributed by atoms with Crippen LogP contribution >= 0.6 is 11.6 Å². The molecule has 0 aliphatic heterocycles. The molecule has 0 aromatic heterocycles. The third-order valence-corrected chi connectivity index (χ3v) is 7.57. The predicted octanol–water partition coefficient (Wildman–Crippen LogP) is 3.94. The normalized spacial score (nSPS) is 12.0. The first-order valence-corrected chi connectivity index (χ1v) is 13.5. The molecule has 11 heteroatoms. The highest BCUT2D eigenvalue weighted by Gasteiger charge is 2.38. The Morgan fingerprint density at radius 2 is 1.61 bits per heavy atom. The zero-order valence-electron chi connectivity index (χ0n) is 20.8. The molecule has 0 aliphatic rings. The van der Waals surface area contributed by atoms with Crippen LogP contribution in [0.25, 0.3) is 0 Å². The number of anilines is 2. The van der Waals surface area contributed by atoms with E-state index in [1.54, 1.807) is 32.0 Å². The van der Waals surface area contributed by atoms with Gasteiger partial charge < -0.3 is 15.7 Å². The Morgan fingerprint density at radius 1 is 0.921 bits per heavy atom. The van der Waals surface area contributed by atoms with Crippen LogP contribution in [0.5, 0.6) is 0 Å². The Kier molecular flexibility index (Phi) is 9.49. The monoisotopic (exact) mass is 557 g/mol. The third-order valence-electron chi connectivity index (χ3n) is 5.53. The van der Waals surface area contributed by atoms with Crippen molar-refractivity contribution in [1.29, 1.82) is 0 Å². The second kappa shape index (κ2) is 12.6. The quantitative estimate of drug-likeness (QED) is 0.327. The molecule has 0 saturated heterocycles. The van der Waals surface area contributed by atoms with E-state index in [0.717, 1.165) is 9.87 Å². The molecule has 2 amide bonds. The lowest BCUT2D eigenvalue weighted by Gasteiger charge is -2.32. The number of carboxylic acid groups (broad SMARTS) is 1. The first-order chi connectivity index (χ1) is 18.0. The molecule has 38 heavy (non-hydrogen) atoms. The van der Waals surface area contributed by atoms with Gasteiger partial charge in [0.1, 0.15) is 6.04 Å². The minimum Gasteiger partial charge on any atom is -0.480 e. The zero-order valence-corrected chi connectivity index (χ0v) is 22.4. The van der Waals surface area contributed by atoms with Crippen molar-refractivity contribution in [2.45, 2.75) is 31.2 Å². The second-order valence-electron chi connectivity index (χ2n) is 8.82. The van der Waals surface area contributed by atoms with Crippen LogP contribution in [0, 0.1) is 5.92 Å². The number of nitrogens with one attached hydrogen (secondary N) is 2. The van der Waals surface area contributed by atoms with Gasteiger partial charge in [-0.2, -0.15) is 0 Å². The topological polar surface area (TPSA) is 133 Å². The minimum atomic E-state index is -4.41. The molecule has 3 aromatic carbocycles. The smallest absolute Gasteiger partial charge is 0.327 e. The van der Waals surface area contributed by atoms with Crippen molar-refractivity contribution in [2.24, 2.45) is 5.92 Å². The lowest BCUT2D eigenvalue weighted by Crippen LogP contribution is -2.48. The third kappa shape index (κ3) is 7.33. The number of halogens is 1. The standard InChI is InChI=1S/C27H28ClN3O6S/c1-18(2)26(27(34)35)31(22-12-6-10-20(28)15-22)38(36,37)23-13-7-11-21(16-23)30-25(33)17-29-24(32)14-19-8-4-3-5-9-19/h3-13,15-16,18,26H,14,17H2,1-2H3,(H,29,32)(H,30,33)(H,34,35). The Bertz CT molecular complexity index is 1410. The number of sulfonamides is 1. The molecule has 0 saturated carbocycles. The fraction of sp³-hybridized carbons (Fsp3) is 0.222. The summed E-state index contributed by atoms with van der Waals surface area (Å²) in [4.78, 5) is 36.5. The van der Waals surface area contributed by atoms with Crippen molar-refractivity contribution in [2.75, 3.05) is 16.2 Å². The molecule has 0 aliphatic carbocycles. The van der Waals surface area contributed by atoms with Crippen molar-refractivity contribution in [3.05, 3.63) is 89.4 Å². The Labute approximate surface area is 226 Å². The summed E-state index contributed by atoms with van der Waals surface area (Å²) in [5, 5.41) is 15.2. The summed E-state index contributed by atoms with van der Waals surface area (Å²) in [5.41, 5.74) is 1.05. The highest BCUT2D eigenvalue weighted by Crippen LogP contribution is 2.31. The van der Waals surface area contributed by atoms with E-state index in [2.05, 4.69) is 10.6 Å². The van der Waals surface area contributed by atoms with Gasteiger partial charge in [0.2, 0.25) is 11.8 Å². The molecule has 0 spiro atoms. The number of hydrogen-bond acceptors (Lipinski definition) is 5. The minimum absolute atomic E-state index is 0.0918. The molecule has 3 rings (SSSR count). The van der Waals surface area contributed by atoms with E-state index in [4.69, 9.17) is 11.6 Å². The molecule has 200 valence electrons. The predicted molar refractivity (Wildman–Crippen MR) is 146 cm³/mol. The molecular weight excluding hydrogens is 530 g/mol. The van der Waals surface area contributed by atoms with E-state index in [1.165, 1.54) is 42.5 Å². The van der Waals surface area contributed by atoms with Crippen molar-refractivity contribution in [1.82, 2.24) is 5.32 Å². The molecule has 0 heterocycles. The van der Waals surface area contributed by atoms with E-state index in [0.29, 0.717) is 0 Å². The molecule has 0 bridgehead atoms. The van der Waals surface area contributed by atoms with Crippen molar-refractivity contribution < 1.29 is 27.9 Å².